The lowest BCUT2D eigenvalue weighted by molar-refractivity contribution is -0.384. The van der Waals surface area contributed by atoms with Crippen LogP contribution in [0.3, 0.4) is 0 Å². The van der Waals surface area contributed by atoms with Crippen molar-refractivity contribution in [3.63, 3.8) is 0 Å². The normalized spacial score (nSPS) is 20.6. The third-order valence-electron chi connectivity index (χ3n) is 11.1. The van der Waals surface area contributed by atoms with E-state index in [9.17, 15) is 34.4 Å². The van der Waals surface area contributed by atoms with Gasteiger partial charge >= 0.3 is 11.9 Å². The molecular formula is C44H42ClN3O10. The van der Waals surface area contributed by atoms with E-state index in [1.54, 1.807) is 12.1 Å². The molecule has 14 heteroatoms. The molecule has 1 amide bonds. The number of nitro benzene ring substituents is 1. The highest BCUT2D eigenvalue weighted by Crippen LogP contribution is 2.48. The van der Waals surface area contributed by atoms with Crippen molar-refractivity contribution >= 4 is 40.9 Å². The van der Waals surface area contributed by atoms with Crippen molar-refractivity contribution in [3.8, 4) is 11.5 Å². The standard InChI is InChI=1S/C44H42ClN3O10/c1-26-34(40(47-39(26)37(27(2)49)42(47)51)44(53)58-43(52)31-13-15-32(16-14-31)48(54)55)23-46-20-19-30(22-46)21-35(50)33-17-18-36(56-24-28-9-5-3-6-10-28)41(38(33)45)57-25-29-11-7-4-8-12-29/h3-18,26-27,30,37,39,49H,19-25H2,1-2H3/t26-,27+,30+,37+,39+/m0/s1. The van der Waals surface area contributed by atoms with E-state index in [1.807, 2.05) is 67.6 Å². The van der Waals surface area contributed by atoms with E-state index in [0.717, 1.165) is 23.3 Å². The van der Waals surface area contributed by atoms with Gasteiger partial charge in [0.1, 0.15) is 18.9 Å². The highest BCUT2D eigenvalue weighted by molar-refractivity contribution is 6.35. The molecule has 0 spiro atoms. The van der Waals surface area contributed by atoms with Crippen molar-refractivity contribution in [1.29, 1.82) is 0 Å². The molecule has 0 bridgehead atoms. The Hall–Kier alpha value is -5.89. The second-order valence-corrected chi connectivity index (χ2v) is 15.3. The first-order chi connectivity index (χ1) is 27.9. The van der Waals surface area contributed by atoms with Crippen LogP contribution in [0.15, 0.2) is 108 Å². The van der Waals surface area contributed by atoms with Crippen molar-refractivity contribution in [2.24, 2.45) is 17.8 Å². The van der Waals surface area contributed by atoms with Crippen molar-refractivity contribution in [3.05, 3.63) is 146 Å². The molecule has 0 aliphatic carbocycles. The molecule has 4 aromatic carbocycles. The van der Waals surface area contributed by atoms with Gasteiger partial charge < -0.3 is 24.2 Å². The number of nitrogens with zero attached hydrogens (tertiary/aromatic N) is 3. The first kappa shape index (κ1) is 40.3. The summed E-state index contributed by atoms with van der Waals surface area (Å²) in [5.74, 6) is -3.07. The predicted molar refractivity (Wildman–Crippen MR) is 212 cm³/mol. The number of halogens is 1. The largest absolute Gasteiger partial charge is 0.485 e. The fourth-order valence-electron chi connectivity index (χ4n) is 8.06. The average Bonchev–Trinajstić information content (AvgIpc) is 3.75. The number of rotatable bonds is 15. The summed E-state index contributed by atoms with van der Waals surface area (Å²) in [5, 5.41) is 21.7. The number of likely N-dealkylation sites (tertiary alicyclic amines) is 1. The van der Waals surface area contributed by atoms with Gasteiger partial charge in [0.25, 0.3) is 5.69 Å². The van der Waals surface area contributed by atoms with Gasteiger partial charge in [0, 0.05) is 43.1 Å². The highest BCUT2D eigenvalue weighted by atomic mass is 35.5. The van der Waals surface area contributed by atoms with E-state index in [2.05, 4.69) is 4.90 Å². The second kappa shape index (κ2) is 17.3. The molecule has 1 N–H and O–H groups in total. The number of hydrogen-bond acceptors (Lipinski definition) is 11. The molecule has 300 valence electrons. The minimum atomic E-state index is -1.02. The predicted octanol–water partition coefficient (Wildman–Crippen LogP) is 6.80. The maximum atomic E-state index is 13.9. The molecule has 58 heavy (non-hydrogen) atoms. The van der Waals surface area contributed by atoms with Crippen LogP contribution < -0.4 is 9.47 Å². The van der Waals surface area contributed by atoms with Crippen LogP contribution in [0, 0.1) is 27.9 Å². The minimum absolute atomic E-state index is 0.0430. The van der Waals surface area contributed by atoms with Crippen LogP contribution in [-0.2, 0) is 27.5 Å². The molecular weight excluding hydrogens is 766 g/mol. The molecule has 3 aliphatic rings. The monoisotopic (exact) mass is 807 g/mol. The SMILES string of the molecule is C[C@@H](O)[C@H]1C(=O)N2C(C(=O)OC(=O)c3ccc([N+](=O)[O-])cc3)=C(CN3CC[C@H](CC(=O)c4ccc(OCc5ccccc5)c(OCc5ccccc5)c4Cl)C3)[C@H](C)[C@H]12. The molecule has 0 radical (unpaired) electrons. The first-order valence-corrected chi connectivity index (χ1v) is 19.5. The minimum Gasteiger partial charge on any atom is -0.485 e. The zero-order valence-electron chi connectivity index (χ0n) is 31.9. The van der Waals surface area contributed by atoms with Gasteiger partial charge in [0.05, 0.1) is 33.6 Å². The van der Waals surface area contributed by atoms with Gasteiger partial charge in [-0.3, -0.25) is 24.6 Å². The topological polar surface area (TPSA) is 166 Å². The fraction of sp³-hybridized carbons (Fsp3) is 0.318. The number of amides is 1. The molecule has 3 aliphatic heterocycles. The Labute approximate surface area is 339 Å². The number of Topliss-reactive ketones (excluding diaryl/α,β-unsaturated/α-hetero) is 1. The first-order valence-electron chi connectivity index (χ1n) is 19.1. The number of ketones is 1. The molecule has 0 aromatic heterocycles. The Morgan fingerprint density at radius 2 is 1.55 bits per heavy atom. The van der Waals surface area contributed by atoms with E-state index >= 15 is 0 Å². The highest BCUT2D eigenvalue weighted by Gasteiger charge is 2.60. The summed E-state index contributed by atoms with van der Waals surface area (Å²) in [5.41, 5.74) is 2.44. The number of carbonyl (C=O) groups excluding carboxylic acids is 4. The van der Waals surface area contributed by atoms with Crippen LogP contribution in [0.2, 0.25) is 5.02 Å². The number of aliphatic hydroxyl groups excluding tert-OH is 1. The molecule has 7 rings (SSSR count). The summed E-state index contributed by atoms with van der Waals surface area (Å²) < 4.78 is 17.6. The van der Waals surface area contributed by atoms with E-state index in [1.165, 1.54) is 24.0 Å². The van der Waals surface area contributed by atoms with Crippen molar-refractivity contribution in [2.75, 3.05) is 19.6 Å². The zero-order chi connectivity index (χ0) is 41.1. The number of nitro groups is 1. The number of carbonyl (C=O) groups is 4. The molecule has 2 saturated heterocycles. The quantitative estimate of drug-likeness (QED) is 0.0336. The lowest BCUT2D eigenvalue weighted by Crippen LogP contribution is -2.63. The van der Waals surface area contributed by atoms with Crippen molar-refractivity contribution in [1.82, 2.24) is 9.80 Å². The van der Waals surface area contributed by atoms with Crippen molar-refractivity contribution in [2.45, 2.75) is 52.0 Å². The lowest BCUT2D eigenvalue weighted by atomic mass is 9.77. The van der Waals surface area contributed by atoms with Gasteiger partial charge in [0.15, 0.2) is 17.3 Å². The Balaban J connectivity index is 1.05. The van der Waals surface area contributed by atoms with Gasteiger partial charge in [-0.15, -0.1) is 0 Å². The van der Waals surface area contributed by atoms with E-state index in [4.69, 9.17) is 25.8 Å². The maximum absolute atomic E-state index is 13.9. The number of esters is 2. The Morgan fingerprint density at radius 1 is 0.914 bits per heavy atom. The third kappa shape index (κ3) is 8.38. The summed E-state index contributed by atoms with van der Waals surface area (Å²) in [6.45, 7) is 5.27. The van der Waals surface area contributed by atoms with Crippen LogP contribution >= 0.6 is 11.6 Å². The molecule has 13 nitrogen and oxygen atoms in total. The van der Waals surface area contributed by atoms with Crippen LogP contribution in [0.5, 0.6) is 11.5 Å². The summed E-state index contributed by atoms with van der Waals surface area (Å²) in [4.78, 5) is 67.6. The number of β-lactam (4-membered cyclic amide) rings is 1. The molecule has 5 atom stereocenters. The number of non-ortho nitro benzene ring substituents is 1. The third-order valence-corrected chi connectivity index (χ3v) is 11.4. The number of aliphatic hydroxyl groups is 1. The number of ether oxygens (including phenoxy) is 3. The number of hydrogen-bond donors (Lipinski definition) is 1. The summed E-state index contributed by atoms with van der Waals surface area (Å²) >= 11 is 6.93. The Bertz CT molecular complexity index is 2250. The summed E-state index contributed by atoms with van der Waals surface area (Å²) in [7, 11) is 0. The van der Waals surface area contributed by atoms with Gasteiger partial charge in [-0.1, -0.05) is 79.2 Å². The van der Waals surface area contributed by atoms with Gasteiger partial charge in [-0.2, -0.15) is 0 Å². The molecule has 2 fully saturated rings. The van der Waals surface area contributed by atoms with Gasteiger partial charge in [-0.25, -0.2) is 9.59 Å². The smallest absolute Gasteiger partial charge is 0.362 e. The molecule has 4 aromatic rings. The molecule has 0 unspecified atom stereocenters. The van der Waals surface area contributed by atoms with E-state index in [0.29, 0.717) is 36.4 Å². The van der Waals surface area contributed by atoms with E-state index in [-0.39, 0.29) is 71.5 Å². The Kier molecular flexibility index (Phi) is 12.0. The van der Waals surface area contributed by atoms with Crippen LogP contribution in [-0.4, -0.2) is 75.2 Å². The van der Waals surface area contributed by atoms with Crippen molar-refractivity contribution < 1.29 is 43.4 Å². The fourth-order valence-corrected chi connectivity index (χ4v) is 8.37. The Morgan fingerprint density at radius 3 is 2.17 bits per heavy atom. The van der Waals surface area contributed by atoms with Gasteiger partial charge in [-0.05, 0) is 66.8 Å². The molecule has 3 heterocycles. The average molecular weight is 808 g/mol. The molecule has 0 saturated carbocycles. The zero-order valence-corrected chi connectivity index (χ0v) is 32.7. The maximum Gasteiger partial charge on any atom is 0.362 e. The van der Waals surface area contributed by atoms with E-state index < -0.39 is 40.8 Å². The summed E-state index contributed by atoms with van der Waals surface area (Å²) in [6, 6.07) is 26.8. The van der Waals surface area contributed by atoms with Gasteiger partial charge in [0.2, 0.25) is 5.91 Å². The van der Waals surface area contributed by atoms with Crippen LogP contribution in [0.4, 0.5) is 5.69 Å². The van der Waals surface area contributed by atoms with Crippen LogP contribution in [0.25, 0.3) is 0 Å². The van der Waals surface area contributed by atoms with Crippen LogP contribution in [0.1, 0.15) is 58.5 Å². The number of fused-ring (bicyclic) bond motifs is 1. The summed E-state index contributed by atoms with van der Waals surface area (Å²) in [6.07, 6.45) is -0.0813. The number of benzene rings is 4. The second-order valence-electron chi connectivity index (χ2n) is 14.9. The lowest BCUT2D eigenvalue weighted by Gasteiger charge is -2.46.